The Morgan fingerprint density at radius 3 is 0.748 bits per heavy atom. The van der Waals surface area contributed by atoms with E-state index in [9.17, 15) is 19.5 Å². The van der Waals surface area contributed by atoms with Crippen molar-refractivity contribution in [1.82, 2.24) is 0 Å². The lowest BCUT2D eigenvalue weighted by molar-refractivity contribution is -0.870. The summed E-state index contributed by atoms with van der Waals surface area (Å²) in [6.45, 7) is 4.70. The molecule has 1 N–H and O–H groups in total. The van der Waals surface area contributed by atoms with Crippen LogP contribution in [-0.2, 0) is 33.3 Å². The normalized spacial score (nSPS) is 13.2. The van der Waals surface area contributed by atoms with Crippen molar-refractivity contribution < 1.29 is 42.9 Å². The first-order valence-electron chi connectivity index (χ1n) is 45.3. The molecular formula is C98H172NO8+. The highest BCUT2D eigenvalue weighted by atomic mass is 16.7. The van der Waals surface area contributed by atoms with E-state index in [0.29, 0.717) is 17.4 Å². The van der Waals surface area contributed by atoms with Crippen LogP contribution in [0, 0.1) is 0 Å². The monoisotopic (exact) mass is 1490 g/mol. The van der Waals surface area contributed by atoms with Gasteiger partial charge in [-0.2, -0.15) is 0 Å². The molecule has 0 bridgehead atoms. The predicted octanol–water partition coefficient (Wildman–Crippen LogP) is 29.9. The van der Waals surface area contributed by atoms with Crippen molar-refractivity contribution in [2.45, 2.75) is 424 Å². The maximum Gasteiger partial charge on any atom is 0.361 e. The van der Waals surface area contributed by atoms with E-state index in [4.69, 9.17) is 18.9 Å². The number of nitrogens with zero attached hydrogens (tertiary/aromatic N) is 1. The lowest BCUT2D eigenvalue weighted by atomic mass is 10.0. The van der Waals surface area contributed by atoms with Crippen LogP contribution < -0.4 is 0 Å². The number of carbonyl (C=O) groups excluding carboxylic acids is 2. The molecular weight excluding hydrogens is 1320 g/mol. The minimum absolute atomic E-state index is 0.180. The molecule has 0 radical (unpaired) electrons. The van der Waals surface area contributed by atoms with Crippen molar-refractivity contribution in [2.24, 2.45) is 0 Å². The highest BCUT2D eigenvalue weighted by Crippen LogP contribution is 2.20. The van der Waals surface area contributed by atoms with Gasteiger partial charge in [0.1, 0.15) is 13.2 Å². The predicted molar refractivity (Wildman–Crippen MR) is 465 cm³/mol. The first-order chi connectivity index (χ1) is 52.6. The van der Waals surface area contributed by atoms with Gasteiger partial charge in [0.05, 0.1) is 34.4 Å². The zero-order chi connectivity index (χ0) is 77.4. The Morgan fingerprint density at radius 1 is 0.280 bits per heavy atom. The number of likely N-dealkylation sites (N-methyl/N-ethyl adjacent to an activating group) is 1. The molecule has 2 atom stereocenters. The third-order valence-electron chi connectivity index (χ3n) is 19.9. The Bertz CT molecular complexity index is 2240. The number of ether oxygens (including phenoxy) is 4. The number of carbonyl (C=O) groups is 3. The quantitative estimate of drug-likeness (QED) is 0.0211. The molecule has 0 spiro atoms. The maximum absolute atomic E-state index is 13.0. The summed E-state index contributed by atoms with van der Waals surface area (Å²) in [7, 11) is 6.00. The van der Waals surface area contributed by atoms with E-state index in [2.05, 4.69) is 148 Å². The fraction of sp³-hybridized carbons (Fsp3) is 0.745. The molecule has 0 aromatic heterocycles. The van der Waals surface area contributed by atoms with Crippen LogP contribution in [0.1, 0.15) is 412 Å². The van der Waals surface area contributed by atoms with E-state index in [1.807, 2.05) is 21.1 Å². The van der Waals surface area contributed by atoms with Gasteiger partial charge in [-0.3, -0.25) is 9.59 Å². The van der Waals surface area contributed by atoms with Crippen LogP contribution in [-0.4, -0.2) is 87.4 Å². The molecule has 9 heteroatoms. The van der Waals surface area contributed by atoms with Gasteiger partial charge in [-0.25, -0.2) is 4.79 Å². The molecule has 0 aromatic carbocycles. The van der Waals surface area contributed by atoms with Crippen LogP contribution in [0.3, 0.4) is 0 Å². The molecule has 616 valence electrons. The van der Waals surface area contributed by atoms with E-state index in [0.717, 1.165) is 109 Å². The van der Waals surface area contributed by atoms with Gasteiger partial charge in [0.2, 0.25) is 0 Å². The summed E-state index contributed by atoms with van der Waals surface area (Å²) in [5, 5.41) is 9.80. The van der Waals surface area contributed by atoms with Crippen LogP contribution in [0.2, 0.25) is 0 Å². The smallest absolute Gasteiger partial charge is 0.361 e. The topological polar surface area (TPSA) is 108 Å². The average Bonchev–Trinajstić information content (AvgIpc) is 0.965. The molecule has 107 heavy (non-hydrogen) atoms. The van der Waals surface area contributed by atoms with Crippen molar-refractivity contribution in [3.63, 3.8) is 0 Å². The lowest BCUT2D eigenvalue weighted by Crippen LogP contribution is -2.40. The molecule has 2 unspecified atom stereocenters. The molecule has 0 aliphatic carbocycles. The highest BCUT2D eigenvalue weighted by Gasteiger charge is 2.25. The molecule has 0 rings (SSSR count). The van der Waals surface area contributed by atoms with E-state index in [1.54, 1.807) is 0 Å². The second kappa shape index (κ2) is 87.0. The van der Waals surface area contributed by atoms with Gasteiger partial charge in [0, 0.05) is 12.8 Å². The number of carboxylic acid groups (broad SMARTS) is 1. The van der Waals surface area contributed by atoms with Gasteiger partial charge in [-0.05, 0) is 109 Å². The third kappa shape index (κ3) is 88.5. The van der Waals surface area contributed by atoms with E-state index in [-0.39, 0.29) is 38.2 Å². The average molecular weight is 1490 g/mol. The van der Waals surface area contributed by atoms with Gasteiger partial charge in [0.15, 0.2) is 6.10 Å². The molecule has 0 fully saturated rings. The molecule has 0 saturated heterocycles. The minimum Gasteiger partial charge on any atom is -0.477 e. The fourth-order valence-electron chi connectivity index (χ4n) is 13.1. The van der Waals surface area contributed by atoms with Crippen molar-refractivity contribution in [1.29, 1.82) is 0 Å². The molecule has 0 aromatic rings. The second-order valence-corrected chi connectivity index (χ2v) is 31.5. The first kappa shape index (κ1) is 102. The molecule has 0 aliphatic heterocycles. The number of esters is 2. The van der Waals surface area contributed by atoms with Gasteiger partial charge >= 0.3 is 17.9 Å². The summed E-state index contributed by atoms with van der Waals surface area (Å²) in [6.07, 6.45) is 124. The third-order valence-corrected chi connectivity index (χ3v) is 19.9. The minimum atomic E-state index is -1.51. The zero-order valence-electron chi connectivity index (χ0n) is 70.8. The molecule has 0 heterocycles. The van der Waals surface area contributed by atoms with Gasteiger partial charge < -0.3 is 28.5 Å². The number of carboxylic acids is 1. The standard InChI is InChI=1S/C98H171NO8/c1-6-8-10-12-14-16-18-20-22-24-26-28-30-32-34-36-38-40-42-44-46-48-50-52-54-56-58-60-62-64-66-68-70-72-74-76-78-80-82-84-86-88-95(100)105-92-94(93-106-98(97(102)103)104-91-90-99(3,4)5)107-96(101)89-87-85-83-81-79-77-75-73-71-69-67-65-63-61-59-57-55-53-51-49-47-45-43-41-39-37-35-33-31-29-27-25-23-21-19-17-15-13-11-9-7-2/h8-11,14-17,20-23,26-29,32-35,39,41,94,98H,6-7,12-13,18-19,24-25,30-31,36-38,40,42-93H2,1-5H3/p+1/b10-8-,11-9-,16-14-,17-15-,22-20-,23-21-,28-26-,29-27-,34-32-,35-33-,41-39-. The molecule has 0 saturated carbocycles. The summed E-state index contributed by atoms with van der Waals surface area (Å²) in [5.41, 5.74) is 0. The summed E-state index contributed by atoms with van der Waals surface area (Å²) in [5.74, 6) is -1.98. The molecule has 9 nitrogen and oxygen atoms in total. The van der Waals surface area contributed by atoms with Crippen molar-refractivity contribution >= 4 is 17.9 Å². The van der Waals surface area contributed by atoms with Gasteiger partial charge in [-0.1, -0.05) is 424 Å². The summed E-state index contributed by atoms with van der Waals surface area (Å²) in [4.78, 5) is 37.9. The number of aliphatic carboxylic acids is 1. The summed E-state index contributed by atoms with van der Waals surface area (Å²) in [6, 6.07) is 0. The number of unbranched alkanes of at least 4 members (excludes halogenated alkanes) is 47. The van der Waals surface area contributed by atoms with E-state index < -0.39 is 18.4 Å². The van der Waals surface area contributed by atoms with E-state index >= 15 is 0 Å². The Balaban J connectivity index is 3.92. The number of rotatable bonds is 84. The van der Waals surface area contributed by atoms with Crippen LogP contribution in [0.15, 0.2) is 134 Å². The number of allylic oxidation sites excluding steroid dienone is 22. The second-order valence-electron chi connectivity index (χ2n) is 31.5. The summed E-state index contributed by atoms with van der Waals surface area (Å²) >= 11 is 0. The van der Waals surface area contributed by atoms with E-state index in [1.165, 1.54) is 276 Å². The Kier molecular flexibility index (Phi) is 83.3. The Hall–Kier alpha value is -4.57. The largest absolute Gasteiger partial charge is 0.477 e. The van der Waals surface area contributed by atoms with Crippen molar-refractivity contribution in [3.8, 4) is 0 Å². The molecule has 0 amide bonds. The van der Waals surface area contributed by atoms with Crippen LogP contribution >= 0.6 is 0 Å². The van der Waals surface area contributed by atoms with Gasteiger partial charge in [0.25, 0.3) is 6.29 Å². The first-order valence-corrected chi connectivity index (χ1v) is 45.3. The SMILES string of the molecule is CC/C=C\C/C=C\C/C=C\C/C=C\C/C=C\C/C=C\CCCCCCCCCCCCCCCCCCCCCCCCC(=O)OC(COC(=O)CCCCCCCCCCCCCCCCCCCCCCCCCCC/C=C\C/C=C\C/C=C\C/C=C\C/C=C\CC)COC(OCC[N+](C)(C)C)C(=O)O. The van der Waals surface area contributed by atoms with Gasteiger partial charge in [-0.15, -0.1) is 0 Å². The van der Waals surface area contributed by atoms with Crippen LogP contribution in [0.25, 0.3) is 0 Å². The Labute approximate surface area is 662 Å². The lowest BCUT2D eigenvalue weighted by Gasteiger charge is -2.25. The van der Waals surface area contributed by atoms with Crippen LogP contribution in [0.4, 0.5) is 0 Å². The fourth-order valence-corrected chi connectivity index (χ4v) is 13.1. The highest BCUT2D eigenvalue weighted by molar-refractivity contribution is 5.71. The number of hydrogen-bond acceptors (Lipinski definition) is 7. The van der Waals surface area contributed by atoms with Crippen LogP contribution in [0.5, 0.6) is 0 Å². The van der Waals surface area contributed by atoms with Crippen molar-refractivity contribution in [3.05, 3.63) is 134 Å². The number of quaternary nitrogens is 1. The maximum atomic E-state index is 13.0. The van der Waals surface area contributed by atoms with Crippen molar-refractivity contribution in [2.75, 3.05) is 47.5 Å². The molecule has 0 aliphatic rings. The summed E-state index contributed by atoms with van der Waals surface area (Å²) < 4.78 is 23.1. The zero-order valence-corrected chi connectivity index (χ0v) is 70.8. The number of hydrogen-bond donors (Lipinski definition) is 1. The Morgan fingerprint density at radius 2 is 0.505 bits per heavy atom.